The van der Waals surface area contributed by atoms with Gasteiger partial charge < -0.3 is 15.5 Å². The molecule has 1 aliphatic heterocycles. The van der Waals surface area contributed by atoms with Crippen LogP contribution >= 0.6 is 11.3 Å². The molecular formula is C18H23N5O2S. The van der Waals surface area contributed by atoms with E-state index in [1.54, 1.807) is 31.2 Å². The summed E-state index contributed by atoms with van der Waals surface area (Å²) >= 11 is 1.24. The lowest BCUT2D eigenvalue weighted by molar-refractivity contribution is 0.0951. The molecule has 8 heteroatoms. The Morgan fingerprint density at radius 3 is 2.50 bits per heavy atom. The second-order valence-electron chi connectivity index (χ2n) is 6.32. The molecule has 0 atom stereocenters. The zero-order valence-electron chi connectivity index (χ0n) is 14.8. The van der Waals surface area contributed by atoms with E-state index in [-0.39, 0.29) is 11.8 Å². The molecule has 1 aromatic heterocycles. The van der Waals surface area contributed by atoms with Gasteiger partial charge in [0.05, 0.1) is 0 Å². The van der Waals surface area contributed by atoms with Crippen LogP contribution in [-0.2, 0) is 0 Å². The average Bonchev–Trinajstić information content (AvgIpc) is 3.31. The van der Waals surface area contributed by atoms with Gasteiger partial charge in [-0.1, -0.05) is 11.3 Å². The standard InChI is InChI=1S/C18H23N5O2S/c1-13-21-22-18(26-13)17(25)20-15-7-5-14(6-8-15)16(24)19-9-4-12-23-10-2-3-11-23/h5-8H,2-4,9-12H2,1H3,(H,19,24)(H,20,25). The Kier molecular flexibility index (Phi) is 6.30. The van der Waals surface area contributed by atoms with Crippen LogP contribution in [0.4, 0.5) is 5.69 Å². The second-order valence-corrected chi connectivity index (χ2v) is 7.50. The van der Waals surface area contributed by atoms with Gasteiger partial charge in [-0.3, -0.25) is 9.59 Å². The van der Waals surface area contributed by atoms with Crippen molar-refractivity contribution in [2.24, 2.45) is 0 Å². The number of hydrogen-bond acceptors (Lipinski definition) is 6. The predicted molar refractivity (Wildman–Crippen MR) is 102 cm³/mol. The maximum absolute atomic E-state index is 12.2. The van der Waals surface area contributed by atoms with Gasteiger partial charge in [0.15, 0.2) is 0 Å². The third-order valence-electron chi connectivity index (χ3n) is 4.26. The Labute approximate surface area is 156 Å². The summed E-state index contributed by atoms with van der Waals surface area (Å²) in [7, 11) is 0. The summed E-state index contributed by atoms with van der Waals surface area (Å²) < 4.78 is 0. The summed E-state index contributed by atoms with van der Waals surface area (Å²) in [6.45, 7) is 5.86. The highest BCUT2D eigenvalue weighted by Gasteiger charge is 2.13. The number of benzene rings is 1. The minimum absolute atomic E-state index is 0.0935. The van der Waals surface area contributed by atoms with Crippen molar-refractivity contribution < 1.29 is 9.59 Å². The highest BCUT2D eigenvalue weighted by Crippen LogP contribution is 2.14. The third-order valence-corrected chi connectivity index (χ3v) is 5.10. The van der Waals surface area contributed by atoms with E-state index in [2.05, 4.69) is 25.7 Å². The summed E-state index contributed by atoms with van der Waals surface area (Å²) in [4.78, 5) is 26.6. The molecule has 0 saturated carbocycles. The molecule has 0 unspecified atom stereocenters. The van der Waals surface area contributed by atoms with E-state index in [0.717, 1.165) is 18.0 Å². The zero-order chi connectivity index (χ0) is 18.4. The number of aromatic nitrogens is 2. The quantitative estimate of drug-likeness (QED) is 0.727. The molecule has 2 aromatic rings. The molecule has 1 saturated heterocycles. The molecule has 0 aliphatic carbocycles. The van der Waals surface area contributed by atoms with Crippen LogP contribution in [0.1, 0.15) is 44.4 Å². The topological polar surface area (TPSA) is 87.2 Å². The summed E-state index contributed by atoms with van der Waals surface area (Å²) in [5, 5.41) is 14.4. The van der Waals surface area contributed by atoms with Crippen molar-refractivity contribution in [1.29, 1.82) is 0 Å². The Hall–Kier alpha value is -2.32. The fourth-order valence-corrected chi connectivity index (χ4v) is 3.48. The number of aryl methyl sites for hydroxylation is 1. The molecule has 2 heterocycles. The van der Waals surface area contributed by atoms with Crippen LogP contribution in [0.5, 0.6) is 0 Å². The fraction of sp³-hybridized carbons (Fsp3) is 0.444. The maximum atomic E-state index is 12.2. The Bertz CT molecular complexity index is 753. The number of hydrogen-bond donors (Lipinski definition) is 2. The zero-order valence-corrected chi connectivity index (χ0v) is 15.6. The Morgan fingerprint density at radius 1 is 1.12 bits per heavy atom. The van der Waals surface area contributed by atoms with E-state index in [4.69, 9.17) is 0 Å². The van der Waals surface area contributed by atoms with Crippen molar-refractivity contribution in [3.8, 4) is 0 Å². The van der Waals surface area contributed by atoms with Gasteiger partial charge in [0, 0.05) is 17.8 Å². The SMILES string of the molecule is Cc1nnc(C(=O)Nc2ccc(C(=O)NCCCN3CCCC3)cc2)s1. The van der Waals surface area contributed by atoms with E-state index in [1.807, 2.05) is 0 Å². The molecule has 138 valence electrons. The number of carbonyl (C=O) groups is 2. The summed E-state index contributed by atoms with van der Waals surface area (Å²) in [6, 6.07) is 6.84. The minimum atomic E-state index is -0.297. The molecule has 0 radical (unpaired) electrons. The molecule has 0 spiro atoms. The first-order valence-electron chi connectivity index (χ1n) is 8.84. The fourth-order valence-electron chi connectivity index (χ4n) is 2.89. The van der Waals surface area contributed by atoms with Crippen LogP contribution < -0.4 is 10.6 Å². The van der Waals surface area contributed by atoms with Gasteiger partial charge >= 0.3 is 0 Å². The van der Waals surface area contributed by atoms with E-state index in [0.29, 0.717) is 22.8 Å². The second kappa shape index (κ2) is 8.86. The van der Waals surface area contributed by atoms with Crippen molar-refractivity contribution >= 4 is 28.8 Å². The number of nitrogens with one attached hydrogen (secondary N) is 2. The Balaban J connectivity index is 1.44. The van der Waals surface area contributed by atoms with Crippen LogP contribution in [0.3, 0.4) is 0 Å². The molecule has 0 bridgehead atoms. The molecule has 26 heavy (non-hydrogen) atoms. The van der Waals surface area contributed by atoms with Crippen molar-refractivity contribution in [3.05, 3.63) is 39.8 Å². The molecule has 1 aliphatic rings. The van der Waals surface area contributed by atoms with E-state index >= 15 is 0 Å². The minimum Gasteiger partial charge on any atom is -0.352 e. The van der Waals surface area contributed by atoms with Gasteiger partial charge in [0.2, 0.25) is 5.01 Å². The van der Waals surface area contributed by atoms with Gasteiger partial charge in [0.1, 0.15) is 5.01 Å². The van der Waals surface area contributed by atoms with Crippen LogP contribution in [0.2, 0.25) is 0 Å². The highest BCUT2D eigenvalue weighted by molar-refractivity contribution is 7.13. The van der Waals surface area contributed by atoms with Gasteiger partial charge in [-0.25, -0.2) is 0 Å². The van der Waals surface area contributed by atoms with Gasteiger partial charge in [-0.15, -0.1) is 10.2 Å². The largest absolute Gasteiger partial charge is 0.352 e. The molecule has 2 N–H and O–H groups in total. The molecule has 2 amide bonds. The van der Waals surface area contributed by atoms with E-state index < -0.39 is 0 Å². The monoisotopic (exact) mass is 373 g/mol. The number of nitrogens with zero attached hydrogens (tertiary/aromatic N) is 3. The van der Waals surface area contributed by atoms with Crippen molar-refractivity contribution in [3.63, 3.8) is 0 Å². The summed E-state index contributed by atoms with van der Waals surface area (Å²) in [5.41, 5.74) is 1.20. The van der Waals surface area contributed by atoms with Crippen molar-refractivity contribution in [1.82, 2.24) is 20.4 Å². The number of anilines is 1. The Morgan fingerprint density at radius 2 is 1.85 bits per heavy atom. The maximum Gasteiger partial charge on any atom is 0.286 e. The lowest BCUT2D eigenvalue weighted by Crippen LogP contribution is -2.28. The molecule has 7 nitrogen and oxygen atoms in total. The van der Waals surface area contributed by atoms with Gasteiger partial charge in [-0.05, 0) is 70.1 Å². The van der Waals surface area contributed by atoms with Crippen LogP contribution in [0, 0.1) is 6.92 Å². The third kappa shape index (κ3) is 5.09. The number of amides is 2. The van der Waals surface area contributed by atoms with Crippen LogP contribution in [0.15, 0.2) is 24.3 Å². The number of carbonyl (C=O) groups excluding carboxylic acids is 2. The molecule has 1 aromatic carbocycles. The van der Waals surface area contributed by atoms with Gasteiger partial charge in [0.25, 0.3) is 11.8 Å². The van der Waals surface area contributed by atoms with E-state index in [9.17, 15) is 9.59 Å². The van der Waals surface area contributed by atoms with Crippen LogP contribution in [0.25, 0.3) is 0 Å². The highest BCUT2D eigenvalue weighted by atomic mass is 32.1. The van der Waals surface area contributed by atoms with Crippen molar-refractivity contribution in [2.75, 3.05) is 31.5 Å². The van der Waals surface area contributed by atoms with E-state index in [1.165, 1.54) is 37.3 Å². The number of likely N-dealkylation sites (tertiary alicyclic amines) is 1. The summed E-state index contributed by atoms with van der Waals surface area (Å²) in [5.74, 6) is -0.390. The first-order valence-corrected chi connectivity index (χ1v) is 9.65. The predicted octanol–water partition coefficient (Wildman–Crippen LogP) is 2.31. The molecular weight excluding hydrogens is 350 g/mol. The number of rotatable bonds is 7. The molecule has 3 rings (SSSR count). The lowest BCUT2D eigenvalue weighted by Gasteiger charge is -2.14. The van der Waals surface area contributed by atoms with Crippen LogP contribution in [-0.4, -0.2) is 53.1 Å². The summed E-state index contributed by atoms with van der Waals surface area (Å²) in [6.07, 6.45) is 3.53. The van der Waals surface area contributed by atoms with Gasteiger partial charge in [-0.2, -0.15) is 0 Å². The lowest BCUT2D eigenvalue weighted by atomic mass is 10.2. The molecule has 1 fully saturated rings. The van der Waals surface area contributed by atoms with Crippen molar-refractivity contribution in [2.45, 2.75) is 26.2 Å². The smallest absolute Gasteiger partial charge is 0.286 e. The first-order chi connectivity index (χ1) is 12.6. The average molecular weight is 373 g/mol. The first kappa shape index (κ1) is 18.5. The normalized spacial score (nSPS) is 14.3.